The average Bonchev–Trinajstić information content (AvgIpc) is 3.57. The Bertz CT molecular complexity index is 1190. The molecule has 7 heteroatoms. The molecule has 1 aliphatic heterocycles. The average molecular weight is 494 g/mol. The number of allylic oxidation sites excluding steroid dienone is 3. The van der Waals surface area contributed by atoms with Gasteiger partial charge in [-0.1, -0.05) is 18.2 Å². The summed E-state index contributed by atoms with van der Waals surface area (Å²) in [6.07, 6.45) is 4.96. The predicted molar refractivity (Wildman–Crippen MR) is 135 cm³/mol. The predicted octanol–water partition coefficient (Wildman–Crippen LogP) is 5.61. The van der Waals surface area contributed by atoms with Crippen LogP contribution >= 0.6 is 11.3 Å². The second kappa shape index (κ2) is 9.90. The number of dihydropyridines is 1. The number of carbonyl (C=O) groups excluding carboxylic acids is 2. The summed E-state index contributed by atoms with van der Waals surface area (Å²) >= 11 is 1.68. The number of Topliss-reactive ketones (excluding diaryl/α,β-unsaturated/α-hetero) is 1. The highest BCUT2D eigenvalue weighted by Crippen LogP contribution is 2.49. The van der Waals surface area contributed by atoms with Gasteiger partial charge in [-0.05, 0) is 56.5 Å². The fourth-order valence-electron chi connectivity index (χ4n) is 5.71. The van der Waals surface area contributed by atoms with E-state index in [-0.39, 0.29) is 23.8 Å². The van der Waals surface area contributed by atoms with Crippen LogP contribution in [0.1, 0.15) is 67.7 Å². The van der Waals surface area contributed by atoms with E-state index in [4.69, 9.17) is 14.2 Å². The van der Waals surface area contributed by atoms with Crippen LogP contribution < -0.4 is 14.8 Å². The Morgan fingerprint density at radius 1 is 1.06 bits per heavy atom. The van der Waals surface area contributed by atoms with E-state index < -0.39 is 5.92 Å². The first kappa shape index (κ1) is 23.7. The molecular formula is C28H31NO5S. The van der Waals surface area contributed by atoms with Crippen LogP contribution in [0.2, 0.25) is 0 Å². The summed E-state index contributed by atoms with van der Waals surface area (Å²) < 4.78 is 17.3. The molecule has 1 fully saturated rings. The molecule has 2 heterocycles. The quantitative estimate of drug-likeness (QED) is 0.527. The van der Waals surface area contributed by atoms with Crippen LogP contribution in [0.4, 0.5) is 0 Å². The monoisotopic (exact) mass is 493 g/mol. The molecule has 1 aromatic heterocycles. The van der Waals surface area contributed by atoms with Gasteiger partial charge in [-0.3, -0.25) is 4.79 Å². The standard InChI is InChI=1S/C28H31NO5S/c1-16-24(28(31)34-18-8-4-5-9-18)25(19-10-6-11-22(32-2)27(19)33-3)26-20(29-16)14-17(15-21(26)30)23-12-7-13-35-23/h6-7,10-13,17-18,25,29H,4-5,8-9,14-15H2,1-3H3. The Balaban J connectivity index is 1.61. The van der Waals surface area contributed by atoms with E-state index in [1.54, 1.807) is 25.6 Å². The lowest BCUT2D eigenvalue weighted by Crippen LogP contribution is -2.36. The van der Waals surface area contributed by atoms with Gasteiger partial charge in [-0.15, -0.1) is 11.3 Å². The van der Waals surface area contributed by atoms with E-state index in [2.05, 4.69) is 11.4 Å². The van der Waals surface area contributed by atoms with E-state index >= 15 is 0 Å². The maximum absolute atomic E-state index is 13.8. The van der Waals surface area contributed by atoms with Gasteiger partial charge < -0.3 is 19.5 Å². The topological polar surface area (TPSA) is 73.9 Å². The molecule has 0 radical (unpaired) electrons. The van der Waals surface area contributed by atoms with Crippen LogP contribution in [0.5, 0.6) is 11.5 Å². The lowest BCUT2D eigenvalue weighted by atomic mass is 9.72. The molecule has 35 heavy (non-hydrogen) atoms. The van der Waals surface area contributed by atoms with Gasteiger partial charge in [0.1, 0.15) is 6.10 Å². The third-order valence-electron chi connectivity index (χ3n) is 7.31. The summed E-state index contributed by atoms with van der Waals surface area (Å²) in [5, 5.41) is 5.48. The maximum atomic E-state index is 13.8. The molecule has 6 nitrogen and oxygen atoms in total. The lowest BCUT2D eigenvalue weighted by molar-refractivity contribution is -0.144. The van der Waals surface area contributed by atoms with Crippen molar-refractivity contribution in [2.75, 3.05) is 14.2 Å². The van der Waals surface area contributed by atoms with Gasteiger partial charge in [0.25, 0.3) is 0 Å². The molecule has 2 aliphatic carbocycles. The normalized spacial score (nSPS) is 22.7. The van der Waals surface area contributed by atoms with Crippen LogP contribution in [0.3, 0.4) is 0 Å². The molecule has 1 aromatic carbocycles. The summed E-state index contributed by atoms with van der Waals surface area (Å²) in [6, 6.07) is 9.72. The van der Waals surface area contributed by atoms with Gasteiger partial charge in [0.15, 0.2) is 17.3 Å². The number of nitrogens with one attached hydrogen (secondary N) is 1. The van der Waals surface area contributed by atoms with Gasteiger partial charge in [-0.2, -0.15) is 0 Å². The highest BCUT2D eigenvalue weighted by Gasteiger charge is 2.43. The zero-order valence-electron chi connectivity index (χ0n) is 20.4. The summed E-state index contributed by atoms with van der Waals surface area (Å²) in [5.41, 5.74) is 3.45. The van der Waals surface area contributed by atoms with Crippen LogP contribution in [-0.4, -0.2) is 32.1 Å². The minimum Gasteiger partial charge on any atom is -0.493 e. The zero-order chi connectivity index (χ0) is 24.5. The Morgan fingerprint density at radius 2 is 1.86 bits per heavy atom. The SMILES string of the molecule is COc1cccc(C2C(C(=O)OC3CCCC3)=C(C)NC3=C2C(=O)CC(c2cccs2)C3)c1OC. The van der Waals surface area contributed by atoms with Crippen LogP contribution in [0, 0.1) is 0 Å². The van der Waals surface area contributed by atoms with Crippen molar-refractivity contribution >= 4 is 23.1 Å². The summed E-state index contributed by atoms with van der Waals surface area (Å²) in [6.45, 7) is 1.90. The Kier molecular flexibility index (Phi) is 6.69. The second-order valence-electron chi connectivity index (χ2n) is 9.43. The number of hydrogen-bond acceptors (Lipinski definition) is 7. The number of ether oxygens (including phenoxy) is 3. The number of benzene rings is 1. The Morgan fingerprint density at radius 3 is 2.54 bits per heavy atom. The number of hydrogen-bond donors (Lipinski definition) is 1. The van der Waals surface area contributed by atoms with Crippen LogP contribution in [0.25, 0.3) is 0 Å². The molecule has 1 saturated carbocycles. The van der Waals surface area contributed by atoms with Crippen molar-refractivity contribution in [3.63, 3.8) is 0 Å². The number of rotatable bonds is 6. The van der Waals surface area contributed by atoms with Crippen molar-refractivity contribution in [2.45, 2.75) is 63.4 Å². The first-order valence-corrected chi connectivity index (χ1v) is 13.1. The number of carbonyl (C=O) groups is 2. The third kappa shape index (κ3) is 4.38. The Labute approximate surface area is 210 Å². The molecule has 1 N–H and O–H groups in total. The van der Waals surface area contributed by atoms with Gasteiger partial charge in [0, 0.05) is 39.7 Å². The van der Waals surface area contributed by atoms with E-state index in [0.717, 1.165) is 42.6 Å². The van der Waals surface area contributed by atoms with Crippen molar-refractivity contribution in [1.29, 1.82) is 0 Å². The highest BCUT2D eigenvalue weighted by atomic mass is 32.1. The highest BCUT2D eigenvalue weighted by molar-refractivity contribution is 7.10. The first-order chi connectivity index (χ1) is 17.0. The van der Waals surface area contributed by atoms with Gasteiger partial charge in [-0.25, -0.2) is 4.79 Å². The van der Waals surface area contributed by atoms with Gasteiger partial charge in [0.05, 0.1) is 25.7 Å². The molecule has 184 valence electrons. The molecule has 2 unspecified atom stereocenters. The lowest BCUT2D eigenvalue weighted by Gasteiger charge is -2.37. The number of ketones is 1. The molecule has 3 aliphatic rings. The van der Waals surface area contributed by atoms with Crippen LogP contribution in [0.15, 0.2) is 58.3 Å². The largest absolute Gasteiger partial charge is 0.493 e. The minimum atomic E-state index is -0.581. The molecule has 2 aromatic rings. The number of thiophene rings is 1. The summed E-state index contributed by atoms with van der Waals surface area (Å²) in [4.78, 5) is 28.6. The number of methoxy groups -OCH3 is 2. The fourth-order valence-corrected chi connectivity index (χ4v) is 6.54. The smallest absolute Gasteiger partial charge is 0.337 e. The van der Waals surface area contributed by atoms with E-state index in [1.807, 2.05) is 36.6 Å². The summed E-state index contributed by atoms with van der Waals surface area (Å²) in [5.74, 6) is 0.318. The molecule has 2 atom stereocenters. The molecule has 0 saturated heterocycles. The molecule has 5 rings (SSSR count). The van der Waals surface area contributed by atoms with E-state index in [9.17, 15) is 9.59 Å². The van der Waals surface area contributed by atoms with E-state index in [1.165, 1.54) is 4.88 Å². The number of para-hydroxylation sites is 1. The molecule has 0 bridgehead atoms. The van der Waals surface area contributed by atoms with Crippen molar-refractivity contribution in [3.8, 4) is 11.5 Å². The Hall–Kier alpha value is -3.06. The van der Waals surface area contributed by atoms with Crippen molar-refractivity contribution in [2.24, 2.45) is 0 Å². The van der Waals surface area contributed by atoms with Gasteiger partial charge >= 0.3 is 5.97 Å². The molecule has 0 spiro atoms. The zero-order valence-corrected chi connectivity index (χ0v) is 21.2. The van der Waals surface area contributed by atoms with Gasteiger partial charge in [0.2, 0.25) is 0 Å². The van der Waals surface area contributed by atoms with E-state index in [0.29, 0.717) is 35.5 Å². The second-order valence-corrected chi connectivity index (χ2v) is 10.4. The maximum Gasteiger partial charge on any atom is 0.337 e. The number of esters is 1. The summed E-state index contributed by atoms with van der Waals surface area (Å²) in [7, 11) is 3.17. The van der Waals surface area contributed by atoms with Crippen molar-refractivity contribution < 1.29 is 23.8 Å². The minimum absolute atomic E-state index is 0.0469. The van der Waals surface area contributed by atoms with Crippen molar-refractivity contribution in [3.05, 3.63) is 68.7 Å². The first-order valence-electron chi connectivity index (χ1n) is 12.2. The van der Waals surface area contributed by atoms with Crippen LogP contribution in [-0.2, 0) is 14.3 Å². The fraction of sp³-hybridized carbons (Fsp3) is 0.429. The third-order valence-corrected chi connectivity index (χ3v) is 8.35. The molecular weight excluding hydrogens is 462 g/mol. The molecule has 0 amide bonds. The van der Waals surface area contributed by atoms with Crippen molar-refractivity contribution in [1.82, 2.24) is 5.32 Å².